The van der Waals surface area contributed by atoms with Crippen LogP contribution in [0.2, 0.25) is 0 Å². The fourth-order valence-electron chi connectivity index (χ4n) is 2.82. The van der Waals surface area contributed by atoms with Gasteiger partial charge in [0, 0.05) is 9.64 Å². The molecule has 3 rings (SSSR count). The molecule has 1 aliphatic carbocycles. The second kappa shape index (κ2) is 8.42. The fraction of sp³-hybridized carbons (Fsp3) is 0.263. The van der Waals surface area contributed by atoms with Gasteiger partial charge in [0.25, 0.3) is 0 Å². The van der Waals surface area contributed by atoms with Gasteiger partial charge in [-0.05, 0) is 53.6 Å². The Balaban J connectivity index is 2.23. The van der Waals surface area contributed by atoms with Crippen molar-refractivity contribution in [2.24, 2.45) is 0 Å². The smallest absolute Gasteiger partial charge is 0.238 e. The van der Waals surface area contributed by atoms with Crippen molar-refractivity contribution in [1.82, 2.24) is 0 Å². The highest BCUT2D eigenvalue weighted by atomic mass is 127. The molecule has 1 N–H and O–H groups in total. The lowest BCUT2D eigenvalue weighted by Crippen LogP contribution is -2.35. The van der Waals surface area contributed by atoms with Crippen molar-refractivity contribution in [3.63, 3.8) is 0 Å². The van der Waals surface area contributed by atoms with E-state index in [-0.39, 0.29) is 23.7 Å². The molecule has 5 nitrogen and oxygen atoms in total. The molecule has 0 bridgehead atoms. The third-order valence-electron chi connectivity index (χ3n) is 4.37. The molecule has 0 saturated heterocycles. The Morgan fingerprint density at radius 3 is 2.52 bits per heavy atom. The van der Waals surface area contributed by atoms with E-state index in [1.807, 2.05) is 22.6 Å². The van der Waals surface area contributed by atoms with Crippen molar-refractivity contribution in [2.75, 3.05) is 23.3 Å². The summed E-state index contributed by atoms with van der Waals surface area (Å²) in [5, 5.41) is 1.89. The summed E-state index contributed by atoms with van der Waals surface area (Å²) in [4.78, 5) is 0. The van der Waals surface area contributed by atoms with Gasteiger partial charge in [-0.1, -0.05) is 6.08 Å². The molecule has 0 aromatic heterocycles. The Morgan fingerprint density at radius 2 is 1.97 bits per heavy atom. The highest BCUT2D eigenvalue weighted by molar-refractivity contribution is 14.1. The number of benzene rings is 2. The second-order valence-electron chi connectivity index (χ2n) is 6.41. The third kappa shape index (κ3) is 4.32. The zero-order chi connectivity index (χ0) is 21.3. The highest BCUT2D eigenvalue weighted by Gasteiger charge is 2.42. The molecular weight excluding hydrogens is 520 g/mol. The van der Waals surface area contributed by atoms with Crippen LogP contribution in [-0.4, -0.2) is 27.3 Å². The molecule has 0 heterocycles. The van der Waals surface area contributed by atoms with Crippen LogP contribution in [0.4, 0.5) is 30.2 Å². The number of sulfonamides is 1. The van der Waals surface area contributed by atoms with Crippen LogP contribution in [0.15, 0.2) is 36.9 Å². The zero-order valence-corrected chi connectivity index (χ0v) is 18.4. The molecule has 156 valence electrons. The first-order chi connectivity index (χ1) is 13.7. The van der Waals surface area contributed by atoms with Gasteiger partial charge in [0.2, 0.25) is 10.0 Å². The summed E-state index contributed by atoms with van der Waals surface area (Å²) in [5.41, 5.74) is -0.912. The molecule has 2 aromatic rings. The van der Waals surface area contributed by atoms with Gasteiger partial charge in [0.05, 0.1) is 24.6 Å². The van der Waals surface area contributed by atoms with E-state index < -0.39 is 38.4 Å². The lowest BCUT2D eigenvalue weighted by Gasteiger charge is -2.28. The Kier molecular flexibility index (Phi) is 6.32. The minimum Gasteiger partial charge on any atom is -0.494 e. The topological polar surface area (TPSA) is 58.6 Å². The van der Waals surface area contributed by atoms with Crippen LogP contribution in [-0.2, 0) is 10.0 Å². The number of ether oxygens (including phenoxy) is 1. The summed E-state index contributed by atoms with van der Waals surface area (Å²) in [6.07, 6.45) is 2.27. The van der Waals surface area contributed by atoms with Crippen LogP contribution < -0.4 is 14.4 Å². The minimum atomic E-state index is -3.88. The van der Waals surface area contributed by atoms with E-state index in [0.29, 0.717) is 16.4 Å². The number of rotatable bonds is 8. The number of hydrogen-bond donors (Lipinski definition) is 1. The number of methoxy groups -OCH3 is 1. The van der Waals surface area contributed by atoms with E-state index in [1.54, 1.807) is 6.07 Å². The van der Waals surface area contributed by atoms with Crippen LogP contribution in [0.5, 0.6) is 5.75 Å². The first-order valence-electron chi connectivity index (χ1n) is 8.61. The number of nitrogens with one attached hydrogen (secondary N) is 1. The number of hydrogen-bond acceptors (Lipinski definition) is 4. The first-order valence-corrected chi connectivity index (χ1v) is 11.2. The number of halogens is 4. The van der Waals surface area contributed by atoms with Crippen molar-refractivity contribution in [2.45, 2.75) is 18.1 Å². The van der Waals surface area contributed by atoms with E-state index in [9.17, 15) is 21.6 Å². The molecule has 1 saturated carbocycles. The Hall–Kier alpha value is -1.95. The van der Waals surface area contributed by atoms with Gasteiger partial charge in [-0.25, -0.2) is 21.6 Å². The molecule has 0 amide bonds. The van der Waals surface area contributed by atoms with Crippen LogP contribution in [0.25, 0.3) is 0 Å². The number of anilines is 3. The average molecular weight is 538 g/mol. The van der Waals surface area contributed by atoms with Crippen molar-refractivity contribution in [3.05, 3.63) is 57.9 Å². The molecule has 0 atom stereocenters. The van der Waals surface area contributed by atoms with E-state index >= 15 is 0 Å². The molecule has 0 spiro atoms. The first kappa shape index (κ1) is 21.8. The lowest BCUT2D eigenvalue weighted by molar-refractivity contribution is 0.408. The maximum atomic E-state index is 14.8. The van der Waals surface area contributed by atoms with Gasteiger partial charge in [0.1, 0.15) is 22.9 Å². The molecule has 1 fully saturated rings. The molecule has 0 radical (unpaired) electrons. The van der Waals surface area contributed by atoms with E-state index in [0.717, 1.165) is 10.4 Å². The van der Waals surface area contributed by atoms with Gasteiger partial charge >= 0.3 is 0 Å². The molecule has 10 heteroatoms. The maximum Gasteiger partial charge on any atom is 0.238 e. The molecule has 0 unspecified atom stereocenters. The predicted octanol–water partition coefficient (Wildman–Crippen LogP) is 4.95. The summed E-state index contributed by atoms with van der Waals surface area (Å²) >= 11 is 1.91. The minimum absolute atomic E-state index is 0.138. The van der Waals surface area contributed by atoms with Crippen molar-refractivity contribution in [1.29, 1.82) is 0 Å². The standard InChI is InChI=1S/C19H18F3IN2O3S/c1-3-8-25(29(26,27)12-5-6-12)19-16(28-2)10-14(21)17(22)18(19)24-15-7-4-11(23)9-13(15)20/h3-4,7,9-10,12,24H,1,5-6,8H2,2H3. The van der Waals surface area contributed by atoms with E-state index in [1.165, 1.54) is 25.3 Å². The Labute approximate surface area is 180 Å². The van der Waals surface area contributed by atoms with Gasteiger partial charge in [-0.3, -0.25) is 4.31 Å². The lowest BCUT2D eigenvalue weighted by atomic mass is 10.2. The van der Waals surface area contributed by atoms with Crippen molar-refractivity contribution < 1.29 is 26.3 Å². The molecular formula is C19H18F3IN2O3S. The van der Waals surface area contributed by atoms with Gasteiger partial charge in [-0.2, -0.15) is 0 Å². The monoisotopic (exact) mass is 538 g/mol. The largest absolute Gasteiger partial charge is 0.494 e. The summed E-state index contributed by atoms with van der Waals surface area (Å²) in [6, 6.07) is 4.89. The normalized spacial score (nSPS) is 13.8. The SMILES string of the molecule is C=CCN(c1c(OC)cc(F)c(F)c1Nc1ccc(I)cc1F)S(=O)(=O)C1CC1. The second-order valence-corrected chi connectivity index (χ2v) is 9.79. The average Bonchev–Trinajstić information content (AvgIpc) is 3.51. The molecule has 0 aliphatic heterocycles. The van der Waals surface area contributed by atoms with Gasteiger partial charge in [0.15, 0.2) is 11.6 Å². The summed E-state index contributed by atoms with van der Waals surface area (Å²) in [5.74, 6) is -3.52. The maximum absolute atomic E-state index is 14.8. The van der Waals surface area contributed by atoms with Crippen LogP contribution in [0, 0.1) is 21.0 Å². The quantitative estimate of drug-likeness (QED) is 0.382. The third-order valence-corrected chi connectivity index (χ3v) is 7.30. The number of nitrogens with zero attached hydrogens (tertiary/aromatic N) is 1. The van der Waals surface area contributed by atoms with Crippen molar-refractivity contribution in [3.8, 4) is 5.75 Å². The fourth-order valence-corrected chi connectivity index (χ4v) is 5.12. The molecule has 2 aromatic carbocycles. The Morgan fingerprint density at radius 1 is 1.28 bits per heavy atom. The van der Waals surface area contributed by atoms with Crippen LogP contribution >= 0.6 is 22.6 Å². The highest BCUT2D eigenvalue weighted by Crippen LogP contribution is 2.45. The van der Waals surface area contributed by atoms with E-state index in [4.69, 9.17) is 4.74 Å². The zero-order valence-electron chi connectivity index (χ0n) is 15.4. The molecule has 29 heavy (non-hydrogen) atoms. The molecule has 1 aliphatic rings. The van der Waals surface area contributed by atoms with Crippen LogP contribution in [0.1, 0.15) is 12.8 Å². The van der Waals surface area contributed by atoms with Gasteiger partial charge in [-0.15, -0.1) is 6.58 Å². The summed E-state index contributed by atoms with van der Waals surface area (Å²) < 4.78 is 76.0. The predicted molar refractivity (Wildman–Crippen MR) is 115 cm³/mol. The van der Waals surface area contributed by atoms with Crippen molar-refractivity contribution >= 4 is 49.7 Å². The van der Waals surface area contributed by atoms with E-state index in [2.05, 4.69) is 11.9 Å². The van der Waals surface area contributed by atoms with Crippen LogP contribution in [0.3, 0.4) is 0 Å². The summed E-state index contributed by atoms with van der Waals surface area (Å²) in [7, 11) is -2.67. The van der Waals surface area contributed by atoms with Gasteiger partial charge < -0.3 is 10.1 Å². The summed E-state index contributed by atoms with van der Waals surface area (Å²) in [6.45, 7) is 3.37. The Bertz CT molecular complexity index is 1060.